The van der Waals surface area contributed by atoms with Crippen LogP contribution in [0.4, 0.5) is 27.6 Å². The predicted molar refractivity (Wildman–Crippen MR) is 101 cm³/mol. The second-order valence-electron chi connectivity index (χ2n) is 6.51. The van der Waals surface area contributed by atoms with Crippen molar-refractivity contribution in [2.75, 3.05) is 18.9 Å². The minimum atomic E-state index is -4.96. The van der Waals surface area contributed by atoms with Gasteiger partial charge in [0.15, 0.2) is 5.69 Å². The fraction of sp³-hybridized carbons (Fsp3) is 0.150. The summed E-state index contributed by atoms with van der Waals surface area (Å²) in [6.45, 7) is -0.589. The number of nitrogens with zero attached hydrogens (tertiary/aromatic N) is 3. The maximum atomic E-state index is 13.7. The normalized spacial score (nSPS) is 11.3. The van der Waals surface area contributed by atoms with Crippen LogP contribution in [0.3, 0.4) is 0 Å². The summed E-state index contributed by atoms with van der Waals surface area (Å²) in [5.74, 6) is -3.08. The van der Waals surface area contributed by atoms with Gasteiger partial charge in [-0.1, -0.05) is 6.07 Å². The Hall–Kier alpha value is -3.76. The Kier molecular flexibility index (Phi) is 6.04. The molecule has 162 valence electrons. The molecule has 0 aliphatic rings. The van der Waals surface area contributed by atoms with E-state index < -0.39 is 47.4 Å². The molecule has 1 heterocycles. The number of hydrogen-bond acceptors (Lipinski definition) is 3. The Bertz CT molecular complexity index is 1110. The number of alkyl halides is 3. The molecule has 0 bridgehead atoms. The van der Waals surface area contributed by atoms with Crippen LogP contribution in [-0.4, -0.2) is 40.1 Å². The lowest BCUT2D eigenvalue weighted by atomic mass is 10.2. The summed E-state index contributed by atoms with van der Waals surface area (Å²) >= 11 is 0. The summed E-state index contributed by atoms with van der Waals surface area (Å²) in [6.07, 6.45) is -4.23. The average Bonchev–Trinajstić information content (AvgIpc) is 3.13. The fourth-order valence-electron chi connectivity index (χ4n) is 2.82. The molecule has 3 aromatic rings. The van der Waals surface area contributed by atoms with Crippen molar-refractivity contribution in [3.63, 3.8) is 0 Å². The monoisotopic (exact) mass is 438 g/mol. The maximum absolute atomic E-state index is 13.7. The number of carbonyl (C=O) groups excluding carboxylic acids is 2. The first-order chi connectivity index (χ1) is 14.6. The van der Waals surface area contributed by atoms with Gasteiger partial charge in [-0.05, 0) is 42.5 Å². The summed E-state index contributed by atoms with van der Waals surface area (Å²) in [6, 6.07) is 9.08. The molecule has 0 saturated carbocycles. The number of amides is 2. The molecule has 1 aromatic heterocycles. The molecular formula is C20H15F5N4O2. The zero-order valence-corrected chi connectivity index (χ0v) is 16.0. The molecule has 3 rings (SSSR count). The lowest BCUT2D eigenvalue weighted by Gasteiger charge is -2.18. The van der Waals surface area contributed by atoms with Gasteiger partial charge in [-0.3, -0.25) is 9.59 Å². The zero-order chi connectivity index (χ0) is 22.8. The third-order valence-electron chi connectivity index (χ3n) is 4.18. The van der Waals surface area contributed by atoms with E-state index in [2.05, 4.69) is 10.4 Å². The first-order valence-corrected chi connectivity index (χ1v) is 8.78. The van der Waals surface area contributed by atoms with Gasteiger partial charge in [0.25, 0.3) is 5.91 Å². The number of halogens is 5. The van der Waals surface area contributed by atoms with E-state index in [1.165, 1.54) is 18.2 Å². The van der Waals surface area contributed by atoms with Crippen molar-refractivity contribution in [2.45, 2.75) is 6.18 Å². The van der Waals surface area contributed by atoms with Gasteiger partial charge in [0.1, 0.15) is 11.6 Å². The molecule has 31 heavy (non-hydrogen) atoms. The van der Waals surface area contributed by atoms with E-state index in [-0.39, 0.29) is 11.4 Å². The number of likely N-dealkylation sites (N-methyl/N-ethyl adjacent to an activating group) is 1. The zero-order valence-electron chi connectivity index (χ0n) is 16.0. The predicted octanol–water partition coefficient (Wildman–Crippen LogP) is 3.88. The Balaban J connectivity index is 1.83. The van der Waals surface area contributed by atoms with E-state index in [0.29, 0.717) is 4.68 Å². The minimum Gasteiger partial charge on any atom is -0.332 e. The van der Waals surface area contributed by atoms with Crippen LogP contribution in [-0.2, 0) is 11.0 Å². The molecule has 1 N–H and O–H groups in total. The molecule has 0 saturated heterocycles. The van der Waals surface area contributed by atoms with Crippen LogP contribution in [0.1, 0.15) is 16.1 Å². The van der Waals surface area contributed by atoms with Crippen molar-refractivity contribution >= 4 is 17.5 Å². The Morgan fingerprint density at radius 1 is 1.06 bits per heavy atom. The van der Waals surface area contributed by atoms with E-state index in [4.69, 9.17) is 0 Å². The molecule has 0 radical (unpaired) electrons. The van der Waals surface area contributed by atoms with Gasteiger partial charge >= 0.3 is 6.18 Å². The van der Waals surface area contributed by atoms with Gasteiger partial charge in [-0.15, -0.1) is 0 Å². The molecule has 0 atom stereocenters. The van der Waals surface area contributed by atoms with E-state index >= 15 is 0 Å². The Morgan fingerprint density at radius 3 is 2.35 bits per heavy atom. The Morgan fingerprint density at radius 2 is 1.74 bits per heavy atom. The van der Waals surface area contributed by atoms with Crippen LogP contribution in [0, 0.1) is 11.6 Å². The standard InChI is InChI=1S/C20H15F5N4O2/c1-28(11-17(30)27-14-4-2-3-13(22)9-14)19(31)16-10-26-29(18(16)20(23,24)25)15-7-5-12(21)6-8-15/h2-10H,11H2,1H3,(H,27,30). The maximum Gasteiger partial charge on any atom is 0.434 e. The molecule has 0 aliphatic carbocycles. The van der Waals surface area contributed by atoms with Gasteiger partial charge in [-0.25, -0.2) is 13.5 Å². The molecule has 6 nitrogen and oxygen atoms in total. The average molecular weight is 438 g/mol. The van der Waals surface area contributed by atoms with Crippen molar-refractivity contribution in [3.8, 4) is 5.69 Å². The highest BCUT2D eigenvalue weighted by atomic mass is 19.4. The van der Waals surface area contributed by atoms with E-state index in [0.717, 1.165) is 48.5 Å². The topological polar surface area (TPSA) is 67.2 Å². The highest BCUT2D eigenvalue weighted by Crippen LogP contribution is 2.34. The quantitative estimate of drug-likeness (QED) is 0.615. The highest BCUT2D eigenvalue weighted by molar-refractivity contribution is 5.99. The number of nitrogens with one attached hydrogen (secondary N) is 1. The molecular weight excluding hydrogens is 423 g/mol. The second kappa shape index (κ2) is 8.54. The first-order valence-electron chi connectivity index (χ1n) is 8.78. The summed E-state index contributed by atoms with van der Waals surface area (Å²) in [5.41, 5.74) is -2.11. The molecule has 11 heteroatoms. The van der Waals surface area contributed by atoms with E-state index in [1.54, 1.807) is 0 Å². The largest absolute Gasteiger partial charge is 0.434 e. The minimum absolute atomic E-state index is 0.0979. The molecule has 0 unspecified atom stereocenters. The number of anilines is 1. The SMILES string of the molecule is CN(CC(=O)Nc1cccc(F)c1)C(=O)c1cnn(-c2ccc(F)cc2)c1C(F)(F)F. The van der Waals surface area contributed by atoms with Gasteiger partial charge in [0.05, 0.1) is 24.0 Å². The molecule has 0 spiro atoms. The summed E-state index contributed by atoms with van der Waals surface area (Å²) in [7, 11) is 1.14. The second-order valence-corrected chi connectivity index (χ2v) is 6.51. The van der Waals surface area contributed by atoms with E-state index in [9.17, 15) is 31.5 Å². The number of carbonyl (C=O) groups is 2. The van der Waals surface area contributed by atoms with Crippen LogP contribution in [0.25, 0.3) is 5.69 Å². The number of aromatic nitrogens is 2. The van der Waals surface area contributed by atoms with Crippen LogP contribution < -0.4 is 5.32 Å². The third-order valence-corrected chi connectivity index (χ3v) is 4.18. The van der Waals surface area contributed by atoms with Crippen molar-refractivity contribution in [1.82, 2.24) is 14.7 Å². The summed E-state index contributed by atoms with van der Waals surface area (Å²) in [4.78, 5) is 25.5. The molecule has 0 aliphatic heterocycles. The van der Waals surface area contributed by atoms with Crippen molar-refractivity contribution in [2.24, 2.45) is 0 Å². The lowest BCUT2D eigenvalue weighted by molar-refractivity contribution is -0.143. The summed E-state index contributed by atoms with van der Waals surface area (Å²) < 4.78 is 67.9. The number of benzene rings is 2. The van der Waals surface area contributed by atoms with Crippen molar-refractivity contribution in [3.05, 3.63) is 77.6 Å². The van der Waals surface area contributed by atoms with Crippen LogP contribution in [0.15, 0.2) is 54.7 Å². The van der Waals surface area contributed by atoms with Gasteiger partial charge in [0.2, 0.25) is 5.91 Å². The highest BCUT2D eigenvalue weighted by Gasteiger charge is 2.41. The van der Waals surface area contributed by atoms with Crippen molar-refractivity contribution < 1.29 is 31.5 Å². The molecule has 2 amide bonds. The molecule has 2 aromatic carbocycles. The van der Waals surface area contributed by atoms with Gasteiger partial charge < -0.3 is 10.2 Å². The van der Waals surface area contributed by atoms with Crippen molar-refractivity contribution in [1.29, 1.82) is 0 Å². The summed E-state index contributed by atoms with van der Waals surface area (Å²) in [5, 5.41) is 5.98. The molecule has 0 fully saturated rings. The number of hydrogen-bond donors (Lipinski definition) is 1. The van der Waals surface area contributed by atoms with E-state index in [1.807, 2.05) is 0 Å². The lowest BCUT2D eigenvalue weighted by Crippen LogP contribution is -2.35. The van der Waals surface area contributed by atoms with Crippen LogP contribution >= 0.6 is 0 Å². The van der Waals surface area contributed by atoms with Gasteiger partial charge in [-0.2, -0.15) is 18.3 Å². The van der Waals surface area contributed by atoms with Gasteiger partial charge in [0, 0.05) is 12.7 Å². The first kappa shape index (κ1) is 21.9. The van der Waals surface area contributed by atoms with Crippen LogP contribution in [0.5, 0.6) is 0 Å². The Labute approximate surface area is 172 Å². The smallest absolute Gasteiger partial charge is 0.332 e. The fourth-order valence-corrected chi connectivity index (χ4v) is 2.82. The third kappa shape index (κ3) is 5.05. The van der Waals surface area contributed by atoms with Crippen LogP contribution in [0.2, 0.25) is 0 Å². The number of rotatable bonds is 5.